The molecule has 140 valence electrons. The lowest BCUT2D eigenvalue weighted by molar-refractivity contribution is 0.101. The number of halogens is 3. The maximum Gasteiger partial charge on any atom is 0.295 e. The zero-order valence-electron chi connectivity index (χ0n) is 14.1. The molecule has 0 aliphatic carbocycles. The molecule has 0 saturated carbocycles. The Hall–Kier alpha value is -3.46. The molecule has 9 heteroatoms. The van der Waals surface area contributed by atoms with Crippen molar-refractivity contribution in [3.63, 3.8) is 0 Å². The molecule has 5 nitrogen and oxygen atoms in total. The molecule has 0 aliphatic rings. The molecule has 0 aliphatic heterocycles. The van der Waals surface area contributed by atoms with Gasteiger partial charge in [0.15, 0.2) is 17.5 Å². The first-order chi connectivity index (χ1) is 13.5. The Morgan fingerprint density at radius 1 is 1.00 bits per heavy atom. The second kappa shape index (κ2) is 7.28. The van der Waals surface area contributed by atoms with Gasteiger partial charge in [-0.3, -0.25) is 4.79 Å². The molecule has 28 heavy (non-hydrogen) atoms. The summed E-state index contributed by atoms with van der Waals surface area (Å²) in [6, 6.07) is 12.3. The number of anilines is 1. The molecule has 2 heterocycles. The van der Waals surface area contributed by atoms with Crippen molar-refractivity contribution in [3.8, 4) is 16.4 Å². The van der Waals surface area contributed by atoms with Gasteiger partial charge in [0, 0.05) is 11.8 Å². The van der Waals surface area contributed by atoms with Crippen LogP contribution >= 0.6 is 11.3 Å². The highest BCUT2D eigenvalue weighted by Crippen LogP contribution is 2.26. The molecular weight excluding hydrogens is 389 g/mol. The molecule has 0 saturated heterocycles. The van der Waals surface area contributed by atoms with E-state index in [4.69, 9.17) is 0 Å². The summed E-state index contributed by atoms with van der Waals surface area (Å²) in [6.07, 6.45) is 0. The zero-order valence-corrected chi connectivity index (χ0v) is 14.9. The van der Waals surface area contributed by atoms with Gasteiger partial charge in [-0.05, 0) is 41.8 Å². The van der Waals surface area contributed by atoms with Crippen molar-refractivity contribution in [2.24, 2.45) is 0 Å². The molecular formula is C19H11F3N4OS. The monoisotopic (exact) mass is 400 g/mol. The first kappa shape index (κ1) is 17.9. The van der Waals surface area contributed by atoms with Crippen LogP contribution in [-0.4, -0.2) is 20.7 Å². The predicted molar refractivity (Wildman–Crippen MR) is 98.9 cm³/mol. The number of thiophene rings is 1. The van der Waals surface area contributed by atoms with Crippen molar-refractivity contribution in [2.45, 2.75) is 0 Å². The molecule has 0 spiro atoms. The molecule has 2 aromatic carbocycles. The Morgan fingerprint density at radius 2 is 1.86 bits per heavy atom. The van der Waals surface area contributed by atoms with E-state index >= 15 is 0 Å². The van der Waals surface area contributed by atoms with Crippen LogP contribution < -0.4 is 5.32 Å². The Morgan fingerprint density at radius 3 is 2.57 bits per heavy atom. The molecule has 4 rings (SSSR count). The highest BCUT2D eigenvalue weighted by atomic mass is 32.1. The number of carbonyl (C=O) groups is 1. The summed E-state index contributed by atoms with van der Waals surface area (Å²) >= 11 is 1.38. The Bertz CT molecular complexity index is 1160. The van der Waals surface area contributed by atoms with Gasteiger partial charge >= 0.3 is 0 Å². The normalized spacial score (nSPS) is 10.8. The second-order valence-corrected chi connectivity index (χ2v) is 6.66. The van der Waals surface area contributed by atoms with Crippen LogP contribution in [0, 0.1) is 17.5 Å². The fourth-order valence-corrected chi connectivity index (χ4v) is 3.22. The summed E-state index contributed by atoms with van der Waals surface area (Å²) < 4.78 is 41.4. The van der Waals surface area contributed by atoms with Gasteiger partial charge in [-0.25, -0.2) is 22.8 Å². The van der Waals surface area contributed by atoms with Gasteiger partial charge in [0.1, 0.15) is 5.82 Å². The topological polar surface area (TPSA) is 59.8 Å². The zero-order chi connectivity index (χ0) is 19.7. The van der Waals surface area contributed by atoms with Crippen LogP contribution in [0.5, 0.6) is 0 Å². The Kier molecular flexibility index (Phi) is 4.66. The smallest absolute Gasteiger partial charge is 0.295 e. The van der Waals surface area contributed by atoms with Gasteiger partial charge in [0.25, 0.3) is 5.91 Å². The third-order valence-corrected chi connectivity index (χ3v) is 4.65. The number of nitrogens with zero attached hydrogens (tertiary/aromatic N) is 3. The van der Waals surface area contributed by atoms with E-state index in [9.17, 15) is 18.0 Å². The second-order valence-electron chi connectivity index (χ2n) is 5.71. The average Bonchev–Trinajstić information content (AvgIpc) is 3.34. The van der Waals surface area contributed by atoms with Gasteiger partial charge in [0.05, 0.1) is 10.6 Å². The maximum absolute atomic E-state index is 13.6. The van der Waals surface area contributed by atoms with E-state index in [0.29, 0.717) is 11.5 Å². The summed E-state index contributed by atoms with van der Waals surface area (Å²) in [7, 11) is 0. The molecule has 0 bridgehead atoms. The standard InChI is InChI=1S/C19H11F3N4OS/c20-11-3-1-4-13(9-11)26-18(16-5-2-8-28-16)24-17(25-26)19(27)23-12-6-7-14(21)15(22)10-12/h1-10H,(H,23,27). The van der Waals surface area contributed by atoms with Crippen molar-refractivity contribution < 1.29 is 18.0 Å². The lowest BCUT2D eigenvalue weighted by atomic mass is 10.3. The van der Waals surface area contributed by atoms with E-state index in [0.717, 1.165) is 17.0 Å². The van der Waals surface area contributed by atoms with E-state index in [-0.39, 0.29) is 11.5 Å². The van der Waals surface area contributed by atoms with Gasteiger partial charge in [-0.15, -0.1) is 16.4 Å². The van der Waals surface area contributed by atoms with E-state index < -0.39 is 23.4 Å². The van der Waals surface area contributed by atoms with Crippen LogP contribution in [0.25, 0.3) is 16.4 Å². The van der Waals surface area contributed by atoms with E-state index in [2.05, 4.69) is 15.4 Å². The van der Waals surface area contributed by atoms with Crippen molar-refractivity contribution >= 4 is 22.9 Å². The molecule has 2 aromatic heterocycles. The van der Waals surface area contributed by atoms with Crippen molar-refractivity contribution in [3.05, 3.63) is 83.3 Å². The van der Waals surface area contributed by atoms with Crippen LogP contribution in [-0.2, 0) is 0 Å². The summed E-state index contributed by atoms with van der Waals surface area (Å²) in [5.41, 5.74) is 0.450. The van der Waals surface area contributed by atoms with Crippen LogP contribution in [0.1, 0.15) is 10.6 Å². The quantitative estimate of drug-likeness (QED) is 0.542. The third kappa shape index (κ3) is 3.52. The minimum absolute atomic E-state index is 0.0590. The van der Waals surface area contributed by atoms with Gasteiger partial charge < -0.3 is 5.32 Å². The summed E-state index contributed by atoms with van der Waals surface area (Å²) in [5, 5.41) is 8.43. The molecule has 4 aromatic rings. The van der Waals surface area contributed by atoms with Crippen LogP contribution in [0.2, 0.25) is 0 Å². The fourth-order valence-electron chi connectivity index (χ4n) is 2.52. The highest BCUT2D eigenvalue weighted by molar-refractivity contribution is 7.13. The van der Waals surface area contributed by atoms with E-state index in [1.54, 1.807) is 12.1 Å². The maximum atomic E-state index is 13.6. The highest BCUT2D eigenvalue weighted by Gasteiger charge is 2.20. The number of aromatic nitrogens is 3. The van der Waals surface area contributed by atoms with E-state index in [1.807, 2.05) is 11.4 Å². The van der Waals surface area contributed by atoms with Crippen molar-refractivity contribution in [2.75, 3.05) is 5.32 Å². The largest absolute Gasteiger partial charge is 0.319 e. The Balaban J connectivity index is 1.72. The molecule has 0 radical (unpaired) electrons. The molecule has 0 unspecified atom stereocenters. The van der Waals surface area contributed by atoms with Crippen LogP contribution in [0.3, 0.4) is 0 Å². The first-order valence-electron chi connectivity index (χ1n) is 8.04. The molecule has 0 fully saturated rings. The van der Waals surface area contributed by atoms with Crippen molar-refractivity contribution in [1.29, 1.82) is 0 Å². The number of hydrogen-bond acceptors (Lipinski definition) is 4. The number of carbonyl (C=O) groups excluding carboxylic acids is 1. The average molecular weight is 400 g/mol. The number of benzene rings is 2. The van der Waals surface area contributed by atoms with Crippen LogP contribution in [0.4, 0.5) is 18.9 Å². The summed E-state index contributed by atoms with van der Waals surface area (Å²) in [4.78, 5) is 17.5. The summed E-state index contributed by atoms with van der Waals surface area (Å²) in [5.74, 6) is -3.12. The SMILES string of the molecule is O=C(Nc1ccc(F)c(F)c1)c1nc(-c2cccs2)n(-c2cccc(F)c2)n1. The number of hydrogen-bond donors (Lipinski definition) is 1. The predicted octanol–water partition coefficient (Wildman–Crippen LogP) is 4.67. The molecule has 1 N–H and O–H groups in total. The Labute approximate surface area is 161 Å². The third-order valence-electron chi connectivity index (χ3n) is 3.78. The van der Waals surface area contributed by atoms with Gasteiger partial charge in [0.2, 0.25) is 5.82 Å². The minimum Gasteiger partial charge on any atom is -0.319 e. The van der Waals surface area contributed by atoms with Gasteiger partial charge in [-0.2, -0.15) is 0 Å². The molecule has 0 atom stereocenters. The number of rotatable bonds is 4. The van der Waals surface area contributed by atoms with Crippen LogP contribution in [0.15, 0.2) is 60.0 Å². The van der Waals surface area contributed by atoms with Crippen molar-refractivity contribution in [1.82, 2.24) is 14.8 Å². The lowest BCUT2D eigenvalue weighted by Crippen LogP contribution is -2.14. The number of amides is 1. The fraction of sp³-hybridized carbons (Fsp3) is 0. The lowest BCUT2D eigenvalue weighted by Gasteiger charge is -2.04. The van der Waals surface area contributed by atoms with E-state index in [1.165, 1.54) is 40.3 Å². The van der Waals surface area contributed by atoms with Gasteiger partial charge in [-0.1, -0.05) is 12.1 Å². The number of nitrogens with one attached hydrogen (secondary N) is 1. The minimum atomic E-state index is -1.09. The molecule has 1 amide bonds. The summed E-state index contributed by atoms with van der Waals surface area (Å²) in [6.45, 7) is 0. The first-order valence-corrected chi connectivity index (χ1v) is 8.92.